The molecule has 108 valence electrons. The topological polar surface area (TPSA) is 37.2 Å². The molecule has 1 aliphatic rings. The van der Waals surface area contributed by atoms with Crippen LogP contribution in [0.2, 0.25) is 0 Å². The maximum absolute atomic E-state index is 9.78. The van der Waals surface area contributed by atoms with Gasteiger partial charge in [-0.05, 0) is 63.6 Å². The van der Waals surface area contributed by atoms with E-state index in [0.717, 1.165) is 25.4 Å². The summed E-state index contributed by atoms with van der Waals surface area (Å²) in [6.45, 7) is 7.93. The maximum atomic E-state index is 9.78. The molecule has 0 bridgehead atoms. The molecule has 3 nitrogen and oxygen atoms in total. The van der Waals surface area contributed by atoms with Crippen LogP contribution in [0.5, 0.6) is 0 Å². The molecule has 1 unspecified atom stereocenters. The van der Waals surface area contributed by atoms with Gasteiger partial charge in [0.25, 0.3) is 0 Å². The number of aliphatic hydroxyl groups is 1. The molecule has 2 N–H and O–H groups in total. The predicted molar refractivity (Wildman–Crippen MR) is 79.1 cm³/mol. The number of aromatic nitrogens is 1. The summed E-state index contributed by atoms with van der Waals surface area (Å²) >= 11 is 0. The molecule has 2 rings (SSSR count). The van der Waals surface area contributed by atoms with E-state index in [0.29, 0.717) is 6.04 Å². The first-order valence-electron chi connectivity index (χ1n) is 7.61. The van der Waals surface area contributed by atoms with Gasteiger partial charge in [-0.25, -0.2) is 0 Å². The fourth-order valence-electron chi connectivity index (χ4n) is 2.47. The molecule has 1 heterocycles. The molecular formula is C16H28N2O. The molecule has 1 fully saturated rings. The Morgan fingerprint density at radius 2 is 2.21 bits per heavy atom. The van der Waals surface area contributed by atoms with Gasteiger partial charge in [0.15, 0.2) is 0 Å². The Morgan fingerprint density at radius 3 is 2.79 bits per heavy atom. The quantitative estimate of drug-likeness (QED) is 0.757. The fraction of sp³-hybridized carbons (Fsp3) is 0.750. The molecule has 1 atom stereocenters. The van der Waals surface area contributed by atoms with Crippen molar-refractivity contribution in [1.82, 2.24) is 9.88 Å². The third kappa shape index (κ3) is 4.66. The van der Waals surface area contributed by atoms with E-state index in [9.17, 15) is 5.11 Å². The van der Waals surface area contributed by atoms with Gasteiger partial charge in [-0.1, -0.05) is 6.92 Å². The Labute approximate surface area is 117 Å². The summed E-state index contributed by atoms with van der Waals surface area (Å²) in [7, 11) is 0. The van der Waals surface area contributed by atoms with Crippen LogP contribution in [0.25, 0.3) is 0 Å². The van der Waals surface area contributed by atoms with Crippen LogP contribution in [0.3, 0.4) is 0 Å². The van der Waals surface area contributed by atoms with E-state index in [2.05, 4.69) is 35.3 Å². The van der Waals surface area contributed by atoms with Crippen molar-refractivity contribution >= 4 is 0 Å². The van der Waals surface area contributed by atoms with Crippen molar-refractivity contribution in [2.75, 3.05) is 6.54 Å². The summed E-state index contributed by atoms with van der Waals surface area (Å²) < 4.78 is 2.20. The Bertz CT molecular complexity index is 388. The Hall–Kier alpha value is -0.800. The van der Waals surface area contributed by atoms with Gasteiger partial charge in [0.1, 0.15) is 0 Å². The van der Waals surface area contributed by atoms with E-state index < -0.39 is 5.60 Å². The lowest BCUT2D eigenvalue weighted by Crippen LogP contribution is -2.23. The fourth-order valence-corrected chi connectivity index (χ4v) is 2.47. The lowest BCUT2D eigenvalue weighted by molar-refractivity contribution is 0.0662. The number of nitrogens with zero attached hydrogens (tertiary/aromatic N) is 1. The second-order valence-corrected chi connectivity index (χ2v) is 6.51. The second kappa shape index (κ2) is 6.10. The molecule has 1 saturated carbocycles. The summed E-state index contributed by atoms with van der Waals surface area (Å²) in [4.78, 5) is 0. The Morgan fingerprint density at radius 1 is 1.47 bits per heavy atom. The predicted octanol–water partition coefficient (Wildman–Crippen LogP) is 3.10. The first-order valence-corrected chi connectivity index (χ1v) is 7.61. The number of aryl methyl sites for hydroxylation is 1. The van der Waals surface area contributed by atoms with Gasteiger partial charge < -0.3 is 15.0 Å². The summed E-state index contributed by atoms with van der Waals surface area (Å²) in [6.07, 6.45) is 9.08. The van der Waals surface area contributed by atoms with Gasteiger partial charge >= 0.3 is 0 Å². The van der Waals surface area contributed by atoms with Crippen LogP contribution in [0.4, 0.5) is 0 Å². The molecule has 3 heteroatoms. The smallest absolute Gasteiger partial charge is 0.0608 e. The van der Waals surface area contributed by atoms with Crippen LogP contribution < -0.4 is 5.32 Å². The molecule has 1 aliphatic carbocycles. The van der Waals surface area contributed by atoms with Crippen LogP contribution in [-0.2, 0) is 6.54 Å². The van der Waals surface area contributed by atoms with E-state index in [1.807, 2.05) is 13.8 Å². The van der Waals surface area contributed by atoms with Gasteiger partial charge in [0.2, 0.25) is 0 Å². The van der Waals surface area contributed by atoms with Crippen molar-refractivity contribution in [2.24, 2.45) is 5.92 Å². The number of rotatable bonds is 8. The van der Waals surface area contributed by atoms with E-state index in [-0.39, 0.29) is 0 Å². The number of hydrogen-bond acceptors (Lipinski definition) is 2. The van der Waals surface area contributed by atoms with Crippen molar-refractivity contribution in [3.63, 3.8) is 0 Å². The molecule has 1 aromatic heterocycles. The van der Waals surface area contributed by atoms with Crippen LogP contribution >= 0.6 is 0 Å². The molecule has 19 heavy (non-hydrogen) atoms. The summed E-state index contributed by atoms with van der Waals surface area (Å²) in [5.41, 5.74) is 0.826. The Kier molecular flexibility index (Phi) is 4.69. The SMILES string of the molecule is CCCNC(c1ccn(CCC(C)(C)O)c1)C1CC1. The zero-order chi connectivity index (χ0) is 13.9. The molecular weight excluding hydrogens is 236 g/mol. The molecule has 0 saturated heterocycles. The van der Waals surface area contributed by atoms with Crippen molar-refractivity contribution in [2.45, 2.75) is 64.6 Å². The largest absolute Gasteiger partial charge is 0.390 e. The van der Waals surface area contributed by atoms with Crippen LogP contribution in [0, 0.1) is 5.92 Å². The first-order chi connectivity index (χ1) is 8.99. The van der Waals surface area contributed by atoms with E-state index in [1.165, 1.54) is 24.8 Å². The number of hydrogen-bond donors (Lipinski definition) is 2. The Balaban J connectivity index is 1.94. The summed E-state index contributed by atoms with van der Waals surface area (Å²) in [5, 5.41) is 13.5. The monoisotopic (exact) mass is 264 g/mol. The summed E-state index contributed by atoms with van der Waals surface area (Å²) in [5.74, 6) is 0.830. The minimum absolute atomic E-state index is 0.531. The standard InChI is InChI=1S/C16H28N2O/c1-4-9-17-15(13-5-6-13)14-7-10-18(12-14)11-8-16(2,3)19/h7,10,12-13,15,17,19H,4-6,8-9,11H2,1-3H3. The van der Waals surface area contributed by atoms with Crippen molar-refractivity contribution in [3.8, 4) is 0 Å². The molecule has 0 aromatic carbocycles. The molecule has 0 radical (unpaired) electrons. The third-order valence-corrected chi connectivity index (χ3v) is 3.82. The average Bonchev–Trinajstić information content (AvgIpc) is 3.05. The molecule has 1 aromatic rings. The third-order valence-electron chi connectivity index (χ3n) is 3.82. The van der Waals surface area contributed by atoms with Crippen molar-refractivity contribution in [1.29, 1.82) is 0 Å². The normalized spacial score (nSPS) is 17.7. The van der Waals surface area contributed by atoms with Gasteiger partial charge in [-0.3, -0.25) is 0 Å². The average molecular weight is 264 g/mol. The minimum Gasteiger partial charge on any atom is -0.390 e. The molecule has 0 spiro atoms. The van der Waals surface area contributed by atoms with E-state index in [1.54, 1.807) is 0 Å². The lowest BCUT2D eigenvalue weighted by atomic mass is 10.1. The number of nitrogens with one attached hydrogen (secondary N) is 1. The van der Waals surface area contributed by atoms with Gasteiger partial charge in [-0.15, -0.1) is 0 Å². The highest BCUT2D eigenvalue weighted by Gasteiger charge is 2.32. The molecule has 0 amide bonds. The van der Waals surface area contributed by atoms with E-state index in [4.69, 9.17) is 0 Å². The van der Waals surface area contributed by atoms with E-state index >= 15 is 0 Å². The lowest BCUT2D eigenvalue weighted by Gasteiger charge is -2.18. The van der Waals surface area contributed by atoms with Crippen molar-refractivity contribution in [3.05, 3.63) is 24.0 Å². The van der Waals surface area contributed by atoms with Crippen LogP contribution in [0.15, 0.2) is 18.5 Å². The zero-order valence-electron chi connectivity index (χ0n) is 12.5. The highest BCUT2D eigenvalue weighted by atomic mass is 16.3. The highest BCUT2D eigenvalue weighted by molar-refractivity contribution is 5.18. The van der Waals surface area contributed by atoms with Gasteiger partial charge in [-0.2, -0.15) is 0 Å². The first kappa shape index (κ1) is 14.6. The van der Waals surface area contributed by atoms with Crippen LogP contribution in [-0.4, -0.2) is 21.8 Å². The van der Waals surface area contributed by atoms with Crippen molar-refractivity contribution < 1.29 is 5.11 Å². The minimum atomic E-state index is -0.583. The van der Waals surface area contributed by atoms with Gasteiger partial charge in [0.05, 0.1) is 5.60 Å². The maximum Gasteiger partial charge on any atom is 0.0608 e. The zero-order valence-corrected chi connectivity index (χ0v) is 12.5. The van der Waals surface area contributed by atoms with Crippen LogP contribution in [0.1, 0.15) is 58.1 Å². The van der Waals surface area contributed by atoms with Gasteiger partial charge in [0, 0.05) is 25.0 Å². The molecule has 0 aliphatic heterocycles. The summed E-state index contributed by atoms with van der Waals surface area (Å²) in [6, 6.07) is 2.76. The second-order valence-electron chi connectivity index (χ2n) is 6.51. The highest BCUT2D eigenvalue weighted by Crippen LogP contribution is 2.41.